The summed E-state index contributed by atoms with van der Waals surface area (Å²) in [6.45, 7) is 0. The molecule has 0 atom stereocenters. The molecular formula is C15H13BrN2O2. The number of nitrogens with zero attached hydrogens (tertiary/aromatic N) is 2. The summed E-state index contributed by atoms with van der Waals surface area (Å²) < 4.78 is 13.3. The molecule has 0 unspecified atom stereocenters. The van der Waals surface area contributed by atoms with Gasteiger partial charge >= 0.3 is 0 Å². The molecule has 20 heavy (non-hydrogen) atoms. The predicted octanol–water partition coefficient (Wildman–Crippen LogP) is 3.78. The van der Waals surface area contributed by atoms with Crippen LogP contribution < -0.4 is 9.47 Å². The van der Waals surface area contributed by atoms with Gasteiger partial charge in [-0.25, -0.2) is 4.52 Å². The number of ether oxygens (including phenoxy) is 2. The molecule has 0 aliphatic heterocycles. The normalized spacial score (nSPS) is 10.8. The molecule has 3 aromatic rings. The second-order valence-corrected chi connectivity index (χ2v) is 5.05. The van der Waals surface area contributed by atoms with Crippen LogP contribution in [0.25, 0.3) is 16.8 Å². The number of hydrogen-bond acceptors (Lipinski definition) is 3. The highest BCUT2D eigenvalue weighted by Crippen LogP contribution is 2.35. The van der Waals surface area contributed by atoms with Gasteiger partial charge in [-0.2, -0.15) is 5.10 Å². The van der Waals surface area contributed by atoms with E-state index < -0.39 is 0 Å². The second kappa shape index (κ2) is 5.17. The first kappa shape index (κ1) is 13.0. The van der Waals surface area contributed by atoms with E-state index in [2.05, 4.69) is 21.0 Å². The van der Waals surface area contributed by atoms with Crippen molar-refractivity contribution in [3.63, 3.8) is 0 Å². The van der Waals surface area contributed by atoms with E-state index >= 15 is 0 Å². The lowest BCUT2D eigenvalue weighted by Crippen LogP contribution is -1.90. The Morgan fingerprint density at radius 1 is 1.05 bits per heavy atom. The SMILES string of the molecule is COc1ccc(-c2nn3cccc(OC)c3c2Br)cc1. The summed E-state index contributed by atoms with van der Waals surface area (Å²) in [5.41, 5.74) is 2.81. The van der Waals surface area contributed by atoms with Crippen LogP contribution in [0.2, 0.25) is 0 Å². The fraction of sp³-hybridized carbons (Fsp3) is 0.133. The fourth-order valence-electron chi connectivity index (χ4n) is 2.13. The number of halogens is 1. The Bertz CT molecular complexity index is 750. The topological polar surface area (TPSA) is 35.8 Å². The minimum atomic E-state index is 0.784. The molecule has 0 bridgehead atoms. The summed E-state index contributed by atoms with van der Waals surface area (Å²) in [6.07, 6.45) is 1.90. The summed E-state index contributed by atoms with van der Waals surface area (Å²) >= 11 is 3.62. The number of fused-ring (bicyclic) bond motifs is 1. The van der Waals surface area contributed by atoms with Crippen LogP contribution in [-0.2, 0) is 0 Å². The Balaban J connectivity index is 2.18. The molecule has 0 saturated carbocycles. The Labute approximate surface area is 125 Å². The van der Waals surface area contributed by atoms with Crippen LogP contribution >= 0.6 is 15.9 Å². The van der Waals surface area contributed by atoms with Crippen LogP contribution in [-0.4, -0.2) is 23.8 Å². The lowest BCUT2D eigenvalue weighted by molar-refractivity contribution is 0.415. The van der Waals surface area contributed by atoms with Crippen molar-refractivity contribution < 1.29 is 9.47 Å². The van der Waals surface area contributed by atoms with Gasteiger partial charge in [0.1, 0.15) is 22.7 Å². The number of methoxy groups -OCH3 is 2. The van der Waals surface area contributed by atoms with Gasteiger partial charge in [-0.3, -0.25) is 0 Å². The lowest BCUT2D eigenvalue weighted by Gasteiger charge is -2.02. The standard InChI is InChI=1S/C15H13BrN2O2/c1-19-11-7-5-10(6-8-11)14-13(16)15-12(20-2)4-3-9-18(15)17-14/h3-9H,1-2H3. The predicted molar refractivity (Wildman–Crippen MR) is 81.4 cm³/mol. The first-order valence-electron chi connectivity index (χ1n) is 6.10. The van der Waals surface area contributed by atoms with Crippen molar-refractivity contribution in [2.45, 2.75) is 0 Å². The smallest absolute Gasteiger partial charge is 0.145 e. The van der Waals surface area contributed by atoms with Crippen LogP contribution in [0.5, 0.6) is 11.5 Å². The van der Waals surface area contributed by atoms with E-state index in [1.54, 1.807) is 14.2 Å². The minimum Gasteiger partial charge on any atom is -0.497 e. The molecule has 0 fully saturated rings. The molecule has 5 heteroatoms. The van der Waals surface area contributed by atoms with Gasteiger partial charge in [0.05, 0.1) is 18.7 Å². The van der Waals surface area contributed by atoms with Crippen LogP contribution in [0.4, 0.5) is 0 Å². The molecule has 0 radical (unpaired) electrons. The van der Waals surface area contributed by atoms with Crippen molar-refractivity contribution in [3.05, 3.63) is 47.1 Å². The van der Waals surface area contributed by atoms with Crippen molar-refractivity contribution in [2.24, 2.45) is 0 Å². The summed E-state index contributed by atoms with van der Waals surface area (Å²) in [7, 11) is 3.31. The molecule has 2 aromatic heterocycles. The van der Waals surface area contributed by atoms with Crippen molar-refractivity contribution in [1.29, 1.82) is 0 Å². The minimum absolute atomic E-state index is 0.784. The number of rotatable bonds is 3. The van der Waals surface area contributed by atoms with E-state index in [0.29, 0.717) is 0 Å². The molecule has 0 aliphatic carbocycles. The van der Waals surface area contributed by atoms with Gasteiger partial charge in [-0.05, 0) is 52.3 Å². The van der Waals surface area contributed by atoms with E-state index in [4.69, 9.17) is 9.47 Å². The lowest BCUT2D eigenvalue weighted by atomic mass is 10.1. The first-order chi connectivity index (χ1) is 9.74. The average Bonchev–Trinajstić information content (AvgIpc) is 2.85. The van der Waals surface area contributed by atoms with Gasteiger partial charge in [0, 0.05) is 11.8 Å². The second-order valence-electron chi connectivity index (χ2n) is 4.26. The van der Waals surface area contributed by atoms with Gasteiger partial charge < -0.3 is 9.47 Å². The zero-order valence-corrected chi connectivity index (χ0v) is 12.7. The summed E-state index contributed by atoms with van der Waals surface area (Å²) in [6, 6.07) is 11.6. The maximum absolute atomic E-state index is 5.38. The van der Waals surface area contributed by atoms with Crippen molar-refractivity contribution in [2.75, 3.05) is 14.2 Å². The third-order valence-electron chi connectivity index (χ3n) is 3.14. The molecule has 0 amide bonds. The highest BCUT2D eigenvalue weighted by molar-refractivity contribution is 9.10. The summed E-state index contributed by atoms with van der Waals surface area (Å²) in [5.74, 6) is 1.61. The van der Waals surface area contributed by atoms with Crippen molar-refractivity contribution in [1.82, 2.24) is 9.61 Å². The molecule has 0 N–H and O–H groups in total. The molecular weight excluding hydrogens is 320 g/mol. The molecule has 0 aliphatic rings. The third kappa shape index (κ3) is 2.04. The zero-order valence-electron chi connectivity index (χ0n) is 11.1. The van der Waals surface area contributed by atoms with Gasteiger partial charge in [0.2, 0.25) is 0 Å². The maximum Gasteiger partial charge on any atom is 0.145 e. The monoisotopic (exact) mass is 332 g/mol. The van der Waals surface area contributed by atoms with E-state index in [9.17, 15) is 0 Å². The molecule has 1 aromatic carbocycles. The third-order valence-corrected chi connectivity index (χ3v) is 3.90. The number of pyridine rings is 1. The Hall–Kier alpha value is -2.01. The van der Waals surface area contributed by atoms with Gasteiger partial charge in [-0.1, -0.05) is 0 Å². The van der Waals surface area contributed by atoms with Crippen LogP contribution in [0, 0.1) is 0 Å². The van der Waals surface area contributed by atoms with E-state index in [1.165, 1.54) is 0 Å². The Morgan fingerprint density at radius 3 is 2.45 bits per heavy atom. The van der Waals surface area contributed by atoms with E-state index in [1.807, 2.05) is 47.1 Å². The van der Waals surface area contributed by atoms with Gasteiger partial charge in [0.15, 0.2) is 0 Å². The molecule has 0 saturated heterocycles. The zero-order chi connectivity index (χ0) is 14.1. The Kier molecular flexibility index (Phi) is 3.36. The largest absolute Gasteiger partial charge is 0.497 e. The van der Waals surface area contributed by atoms with Crippen molar-refractivity contribution in [3.8, 4) is 22.8 Å². The van der Waals surface area contributed by atoms with E-state index in [0.717, 1.165) is 32.7 Å². The van der Waals surface area contributed by atoms with Crippen LogP contribution in [0.1, 0.15) is 0 Å². The molecule has 0 spiro atoms. The highest BCUT2D eigenvalue weighted by atomic mass is 79.9. The van der Waals surface area contributed by atoms with Crippen LogP contribution in [0.3, 0.4) is 0 Å². The quantitative estimate of drug-likeness (QED) is 0.732. The first-order valence-corrected chi connectivity index (χ1v) is 6.89. The molecule has 102 valence electrons. The average molecular weight is 333 g/mol. The summed E-state index contributed by atoms with van der Waals surface area (Å²) in [4.78, 5) is 0. The fourth-order valence-corrected chi connectivity index (χ4v) is 2.82. The highest BCUT2D eigenvalue weighted by Gasteiger charge is 2.15. The molecule has 3 rings (SSSR count). The maximum atomic E-state index is 5.38. The van der Waals surface area contributed by atoms with Crippen LogP contribution in [0.15, 0.2) is 47.1 Å². The number of aromatic nitrogens is 2. The Morgan fingerprint density at radius 2 is 1.80 bits per heavy atom. The molecule has 2 heterocycles. The molecule has 4 nitrogen and oxygen atoms in total. The number of hydrogen-bond donors (Lipinski definition) is 0. The summed E-state index contributed by atoms with van der Waals surface area (Å²) in [5, 5.41) is 4.60. The van der Waals surface area contributed by atoms with Gasteiger partial charge in [-0.15, -0.1) is 0 Å². The van der Waals surface area contributed by atoms with E-state index in [-0.39, 0.29) is 0 Å². The van der Waals surface area contributed by atoms with Gasteiger partial charge in [0.25, 0.3) is 0 Å². The number of benzene rings is 1. The van der Waals surface area contributed by atoms with Crippen molar-refractivity contribution >= 4 is 21.4 Å².